The minimum atomic E-state index is 0.166. The molecule has 2 N–H and O–H groups in total. The van der Waals surface area contributed by atoms with Crippen LogP contribution in [0.4, 0.5) is 0 Å². The van der Waals surface area contributed by atoms with Crippen molar-refractivity contribution in [1.82, 2.24) is 15.5 Å². The van der Waals surface area contributed by atoms with Crippen LogP contribution >= 0.6 is 0 Å². The molecule has 2 aliphatic rings. The molecule has 0 spiro atoms. The van der Waals surface area contributed by atoms with Gasteiger partial charge in [0.1, 0.15) is 0 Å². The molecular weight excluding hydrogens is 260 g/mol. The predicted molar refractivity (Wildman–Crippen MR) is 90.8 cm³/mol. The van der Waals surface area contributed by atoms with E-state index in [2.05, 4.69) is 36.3 Å². The van der Waals surface area contributed by atoms with Crippen LogP contribution in [-0.2, 0) is 0 Å². The number of nitrogens with zero attached hydrogens (tertiary/aromatic N) is 2. The van der Waals surface area contributed by atoms with Gasteiger partial charge in [0.25, 0.3) is 0 Å². The molecule has 0 amide bonds. The molecule has 1 heterocycles. The Hall–Kier alpha value is -0.770. The summed E-state index contributed by atoms with van der Waals surface area (Å²) in [6.45, 7) is 12.1. The highest BCUT2D eigenvalue weighted by atomic mass is 15.2. The van der Waals surface area contributed by atoms with Gasteiger partial charge in [0.15, 0.2) is 5.96 Å². The molecule has 0 aromatic carbocycles. The van der Waals surface area contributed by atoms with Crippen LogP contribution in [0.3, 0.4) is 0 Å². The van der Waals surface area contributed by atoms with Crippen LogP contribution in [-0.4, -0.2) is 49.1 Å². The lowest BCUT2D eigenvalue weighted by molar-refractivity contribution is 0.102. The van der Waals surface area contributed by atoms with Gasteiger partial charge in [0, 0.05) is 18.6 Å². The molecular formula is C17H34N4. The molecule has 1 saturated heterocycles. The number of likely N-dealkylation sites (tertiary alicyclic amines) is 1. The smallest absolute Gasteiger partial charge is 0.191 e. The summed E-state index contributed by atoms with van der Waals surface area (Å²) in [5.41, 5.74) is 0.166. The maximum atomic E-state index is 4.83. The van der Waals surface area contributed by atoms with Crippen LogP contribution in [0.15, 0.2) is 4.99 Å². The highest BCUT2D eigenvalue weighted by Gasteiger charge is 2.27. The molecule has 0 atom stereocenters. The van der Waals surface area contributed by atoms with Crippen molar-refractivity contribution in [3.8, 4) is 0 Å². The zero-order valence-corrected chi connectivity index (χ0v) is 14.2. The van der Waals surface area contributed by atoms with Crippen molar-refractivity contribution >= 4 is 5.96 Å². The lowest BCUT2D eigenvalue weighted by Gasteiger charge is -2.40. The first-order chi connectivity index (χ1) is 10.1. The Morgan fingerprint density at radius 2 is 1.86 bits per heavy atom. The monoisotopic (exact) mass is 294 g/mol. The molecule has 0 radical (unpaired) electrons. The fourth-order valence-corrected chi connectivity index (χ4v) is 3.01. The first-order valence-corrected chi connectivity index (χ1v) is 8.89. The minimum Gasteiger partial charge on any atom is -0.357 e. The van der Waals surface area contributed by atoms with Crippen molar-refractivity contribution in [2.24, 2.45) is 10.9 Å². The Morgan fingerprint density at radius 3 is 2.48 bits per heavy atom. The normalized spacial score (nSPS) is 21.4. The third-order valence-corrected chi connectivity index (χ3v) is 4.72. The molecule has 1 saturated carbocycles. The molecule has 21 heavy (non-hydrogen) atoms. The standard InChI is InChI=1S/C17H34N4/c1-4-18-16(19-11-10-15-8-9-15)20-14-17(2,3)21-12-6-5-7-13-21/h15H,4-14H2,1-3H3,(H2,18,19,20). The summed E-state index contributed by atoms with van der Waals surface area (Å²) >= 11 is 0. The topological polar surface area (TPSA) is 39.7 Å². The summed E-state index contributed by atoms with van der Waals surface area (Å²) in [5, 5.41) is 6.86. The second-order valence-corrected chi connectivity index (χ2v) is 7.21. The summed E-state index contributed by atoms with van der Waals surface area (Å²) in [6.07, 6.45) is 8.22. The van der Waals surface area contributed by atoms with E-state index in [4.69, 9.17) is 4.99 Å². The minimum absolute atomic E-state index is 0.166. The van der Waals surface area contributed by atoms with Crippen molar-refractivity contribution in [1.29, 1.82) is 0 Å². The molecule has 0 bridgehead atoms. The van der Waals surface area contributed by atoms with E-state index in [1.54, 1.807) is 0 Å². The van der Waals surface area contributed by atoms with Gasteiger partial charge >= 0.3 is 0 Å². The van der Waals surface area contributed by atoms with Crippen molar-refractivity contribution in [3.05, 3.63) is 0 Å². The molecule has 0 aromatic heterocycles. The summed E-state index contributed by atoms with van der Waals surface area (Å²) in [6, 6.07) is 0. The highest BCUT2D eigenvalue weighted by molar-refractivity contribution is 5.79. The average molecular weight is 294 g/mol. The second-order valence-electron chi connectivity index (χ2n) is 7.21. The lowest BCUT2D eigenvalue weighted by atomic mass is 9.99. The van der Waals surface area contributed by atoms with Gasteiger partial charge in [-0.2, -0.15) is 0 Å². The average Bonchev–Trinajstić information content (AvgIpc) is 3.30. The van der Waals surface area contributed by atoms with Crippen molar-refractivity contribution < 1.29 is 0 Å². The van der Waals surface area contributed by atoms with E-state index in [0.29, 0.717) is 0 Å². The molecule has 0 unspecified atom stereocenters. The van der Waals surface area contributed by atoms with Crippen LogP contribution in [0.1, 0.15) is 59.3 Å². The Kier molecular flexibility index (Phi) is 6.34. The largest absolute Gasteiger partial charge is 0.357 e. The number of rotatable bonds is 7. The Balaban J connectivity index is 1.80. The number of guanidine groups is 1. The Bertz CT molecular complexity index is 328. The van der Waals surface area contributed by atoms with Gasteiger partial charge in [-0.3, -0.25) is 9.89 Å². The first-order valence-electron chi connectivity index (χ1n) is 8.89. The maximum absolute atomic E-state index is 4.83. The van der Waals surface area contributed by atoms with Gasteiger partial charge in [-0.1, -0.05) is 19.3 Å². The SMILES string of the molecule is CCNC(=NCC(C)(C)N1CCCCC1)NCCC1CC1. The van der Waals surface area contributed by atoms with Gasteiger partial charge in [-0.05, 0) is 59.0 Å². The van der Waals surface area contributed by atoms with E-state index in [-0.39, 0.29) is 5.54 Å². The van der Waals surface area contributed by atoms with E-state index in [0.717, 1.165) is 31.5 Å². The van der Waals surface area contributed by atoms with Crippen molar-refractivity contribution in [2.45, 2.75) is 64.8 Å². The first kappa shape index (κ1) is 16.6. The Morgan fingerprint density at radius 1 is 1.14 bits per heavy atom. The summed E-state index contributed by atoms with van der Waals surface area (Å²) in [4.78, 5) is 7.44. The zero-order chi connectivity index (χ0) is 15.1. The molecule has 2 rings (SSSR count). The third kappa shape index (κ3) is 5.85. The van der Waals surface area contributed by atoms with E-state index < -0.39 is 0 Å². The van der Waals surface area contributed by atoms with E-state index >= 15 is 0 Å². The van der Waals surface area contributed by atoms with Crippen LogP contribution < -0.4 is 10.6 Å². The molecule has 1 aliphatic heterocycles. The van der Waals surface area contributed by atoms with Gasteiger partial charge < -0.3 is 10.6 Å². The van der Waals surface area contributed by atoms with Gasteiger partial charge in [-0.25, -0.2) is 0 Å². The Labute approximate surface area is 130 Å². The van der Waals surface area contributed by atoms with E-state index in [9.17, 15) is 0 Å². The summed E-state index contributed by atoms with van der Waals surface area (Å²) < 4.78 is 0. The highest BCUT2D eigenvalue weighted by Crippen LogP contribution is 2.31. The van der Waals surface area contributed by atoms with Gasteiger partial charge in [-0.15, -0.1) is 0 Å². The van der Waals surface area contributed by atoms with Crippen LogP contribution in [0.5, 0.6) is 0 Å². The summed E-state index contributed by atoms with van der Waals surface area (Å²) in [7, 11) is 0. The second kappa shape index (κ2) is 8.02. The predicted octanol–water partition coefficient (Wildman–Crippen LogP) is 2.61. The lowest BCUT2D eigenvalue weighted by Crippen LogP contribution is -2.49. The molecule has 0 aromatic rings. The molecule has 4 heteroatoms. The van der Waals surface area contributed by atoms with Crippen molar-refractivity contribution in [3.63, 3.8) is 0 Å². The van der Waals surface area contributed by atoms with Crippen LogP contribution in [0, 0.1) is 5.92 Å². The van der Waals surface area contributed by atoms with E-state index in [1.807, 2.05) is 0 Å². The molecule has 4 nitrogen and oxygen atoms in total. The number of hydrogen-bond donors (Lipinski definition) is 2. The number of aliphatic imine (C=N–C) groups is 1. The molecule has 2 fully saturated rings. The number of hydrogen-bond acceptors (Lipinski definition) is 2. The maximum Gasteiger partial charge on any atom is 0.191 e. The third-order valence-electron chi connectivity index (χ3n) is 4.72. The quantitative estimate of drug-likeness (QED) is 0.560. The van der Waals surface area contributed by atoms with Crippen LogP contribution in [0.2, 0.25) is 0 Å². The van der Waals surface area contributed by atoms with Gasteiger partial charge in [0.2, 0.25) is 0 Å². The van der Waals surface area contributed by atoms with Gasteiger partial charge in [0.05, 0.1) is 6.54 Å². The van der Waals surface area contributed by atoms with E-state index in [1.165, 1.54) is 51.6 Å². The number of nitrogens with one attached hydrogen (secondary N) is 2. The fourth-order valence-electron chi connectivity index (χ4n) is 3.01. The number of piperidine rings is 1. The van der Waals surface area contributed by atoms with Crippen LogP contribution in [0.25, 0.3) is 0 Å². The van der Waals surface area contributed by atoms with Crippen molar-refractivity contribution in [2.75, 3.05) is 32.7 Å². The fraction of sp³-hybridized carbons (Fsp3) is 0.941. The molecule has 122 valence electrons. The zero-order valence-electron chi connectivity index (χ0n) is 14.2. The summed E-state index contributed by atoms with van der Waals surface area (Å²) in [5.74, 6) is 1.97. The molecule has 1 aliphatic carbocycles.